The molecular formula is C22H22N2O4. The quantitative estimate of drug-likeness (QED) is 0.495. The number of nitrogens with one attached hydrogen (secondary N) is 1. The molecule has 0 unspecified atom stereocenters. The van der Waals surface area contributed by atoms with E-state index in [1.807, 2.05) is 0 Å². The fourth-order valence-electron chi connectivity index (χ4n) is 5.54. The predicted octanol–water partition coefficient (Wildman–Crippen LogP) is 2.27. The molecule has 144 valence electrons. The molecule has 28 heavy (non-hydrogen) atoms. The number of nitrogens with zero attached hydrogens (tertiary/aromatic N) is 1. The molecule has 1 N–H and O–H groups in total. The molecule has 1 heterocycles. The lowest BCUT2D eigenvalue weighted by atomic mass is 9.63. The molecule has 6 nitrogen and oxygen atoms in total. The summed E-state index contributed by atoms with van der Waals surface area (Å²) in [6.07, 6.45) is 5.35. The highest BCUT2D eigenvalue weighted by atomic mass is 16.2. The van der Waals surface area contributed by atoms with E-state index in [-0.39, 0.29) is 41.3 Å². The summed E-state index contributed by atoms with van der Waals surface area (Å²) in [6, 6.07) is 5.75. The number of Topliss-reactive ketones (excluding diaryl/α,β-unsaturated/α-hetero) is 1. The van der Waals surface area contributed by atoms with Crippen LogP contribution in [-0.4, -0.2) is 34.4 Å². The smallest absolute Gasteiger partial charge is 0.247 e. The first-order valence-electron chi connectivity index (χ1n) is 9.85. The van der Waals surface area contributed by atoms with Gasteiger partial charge >= 0.3 is 0 Å². The van der Waals surface area contributed by atoms with E-state index in [1.165, 1.54) is 11.8 Å². The molecule has 6 heteroatoms. The third kappa shape index (κ3) is 2.33. The maximum absolute atomic E-state index is 13.1. The lowest BCUT2D eigenvalue weighted by Gasteiger charge is -2.37. The van der Waals surface area contributed by atoms with Gasteiger partial charge in [-0.3, -0.25) is 24.1 Å². The van der Waals surface area contributed by atoms with Gasteiger partial charge in [0.25, 0.3) is 0 Å². The van der Waals surface area contributed by atoms with Gasteiger partial charge in [-0.15, -0.1) is 0 Å². The maximum Gasteiger partial charge on any atom is 0.247 e. The zero-order chi connectivity index (χ0) is 19.7. The van der Waals surface area contributed by atoms with Gasteiger partial charge in [0.2, 0.25) is 17.7 Å². The van der Waals surface area contributed by atoms with Crippen LogP contribution in [0.3, 0.4) is 0 Å². The van der Waals surface area contributed by atoms with Crippen molar-refractivity contribution in [2.75, 3.05) is 5.32 Å². The second-order valence-electron chi connectivity index (χ2n) is 8.50. The molecule has 1 aromatic rings. The molecule has 3 amide bonds. The SMILES string of the molecule is CC(=O)c1cccc(NC(=O)[C@H](C)N2C(=O)[C@@H]3[C@H]4C=C[C@@H]([C@@H]5C[C@H]45)[C@H]3C2=O)c1. The van der Waals surface area contributed by atoms with E-state index in [0.717, 1.165) is 6.42 Å². The predicted molar refractivity (Wildman–Crippen MR) is 101 cm³/mol. The van der Waals surface area contributed by atoms with Crippen molar-refractivity contribution in [3.63, 3.8) is 0 Å². The van der Waals surface area contributed by atoms with E-state index >= 15 is 0 Å². The third-order valence-electron chi connectivity index (χ3n) is 7.00. The number of hydrogen-bond acceptors (Lipinski definition) is 4. The van der Waals surface area contributed by atoms with Crippen molar-refractivity contribution in [1.82, 2.24) is 4.90 Å². The van der Waals surface area contributed by atoms with Crippen LogP contribution in [0, 0.1) is 35.5 Å². The van der Waals surface area contributed by atoms with Crippen LogP contribution in [-0.2, 0) is 14.4 Å². The Morgan fingerprint density at radius 3 is 2.25 bits per heavy atom. The Balaban J connectivity index is 1.36. The van der Waals surface area contributed by atoms with Gasteiger partial charge in [-0.1, -0.05) is 24.3 Å². The number of benzene rings is 1. The molecular weight excluding hydrogens is 356 g/mol. The first-order valence-corrected chi connectivity index (χ1v) is 9.85. The summed E-state index contributed by atoms with van der Waals surface area (Å²) in [4.78, 5) is 51.7. The van der Waals surface area contributed by atoms with Gasteiger partial charge in [0.15, 0.2) is 5.78 Å². The van der Waals surface area contributed by atoms with Gasteiger partial charge in [-0.25, -0.2) is 0 Å². The number of imide groups is 1. The number of hydrogen-bond donors (Lipinski definition) is 1. The molecule has 1 aromatic carbocycles. The molecule has 0 aromatic heterocycles. The van der Waals surface area contributed by atoms with Crippen molar-refractivity contribution in [2.24, 2.45) is 35.5 Å². The highest BCUT2D eigenvalue weighted by Crippen LogP contribution is 2.65. The Kier molecular flexibility index (Phi) is 3.63. The first kappa shape index (κ1) is 17.3. The topological polar surface area (TPSA) is 83.6 Å². The molecule has 1 aliphatic heterocycles. The van der Waals surface area contributed by atoms with Crippen LogP contribution in [0.1, 0.15) is 30.6 Å². The van der Waals surface area contributed by atoms with Gasteiger partial charge in [0, 0.05) is 11.3 Å². The monoisotopic (exact) mass is 378 g/mol. The molecule has 2 saturated carbocycles. The van der Waals surface area contributed by atoms with E-state index in [0.29, 0.717) is 23.1 Å². The van der Waals surface area contributed by atoms with Crippen LogP contribution < -0.4 is 5.32 Å². The molecule has 1 saturated heterocycles. The lowest BCUT2D eigenvalue weighted by molar-refractivity contribution is -0.146. The lowest BCUT2D eigenvalue weighted by Crippen LogP contribution is -2.46. The minimum absolute atomic E-state index is 0.0975. The van der Waals surface area contributed by atoms with Crippen LogP contribution in [0.2, 0.25) is 0 Å². The normalized spacial score (nSPS) is 35.4. The zero-order valence-corrected chi connectivity index (χ0v) is 15.8. The van der Waals surface area contributed by atoms with Crippen molar-refractivity contribution < 1.29 is 19.2 Å². The van der Waals surface area contributed by atoms with Gasteiger partial charge in [0.1, 0.15) is 6.04 Å². The number of carbonyl (C=O) groups excluding carboxylic acids is 4. The molecule has 0 spiro atoms. The molecule has 6 rings (SSSR count). The highest BCUT2D eigenvalue weighted by molar-refractivity contribution is 6.10. The Labute approximate surface area is 163 Å². The van der Waals surface area contributed by atoms with E-state index in [2.05, 4.69) is 17.5 Å². The number of rotatable bonds is 4. The Bertz CT molecular complexity index is 916. The standard InChI is InChI=1S/C22H22N2O4/c1-10(20(26)23-13-5-3-4-12(8-13)11(2)25)24-21(27)18-14-6-7-15(17-9-16(14)17)19(18)22(24)28/h3-8,10,14-19H,9H2,1-2H3,(H,23,26)/t10-,14-,15-,16-,17+,18+,19+/m0/s1. The summed E-state index contributed by atoms with van der Waals surface area (Å²) >= 11 is 0. The summed E-state index contributed by atoms with van der Waals surface area (Å²) < 4.78 is 0. The summed E-state index contributed by atoms with van der Waals surface area (Å²) in [5.41, 5.74) is 0.968. The average Bonchev–Trinajstić information content (AvgIpc) is 3.45. The molecule has 3 fully saturated rings. The number of carbonyl (C=O) groups is 4. The molecule has 2 bridgehead atoms. The fraction of sp³-hybridized carbons (Fsp3) is 0.455. The van der Waals surface area contributed by atoms with E-state index < -0.39 is 11.9 Å². The Morgan fingerprint density at radius 1 is 1.07 bits per heavy atom. The first-order chi connectivity index (χ1) is 13.4. The Hall–Kier alpha value is -2.76. The minimum atomic E-state index is -0.887. The summed E-state index contributed by atoms with van der Waals surface area (Å²) in [6.45, 7) is 3.05. The van der Waals surface area contributed by atoms with E-state index in [4.69, 9.17) is 0 Å². The molecule has 0 radical (unpaired) electrons. The van der Waals surface area contributed by atoms with Gasteiger partial charge in [-0.05, 0) is 56.1 Å². The van der Waals surface area contributed by atoms with E-state index in [1.54, 1.807) is 31.2 Å². The van der Waals surface area contributed by atoms with Crippen molar-refractivity contribution in [2.45, 2.75) is 26.3 Å². The van der Waals surface area contributed by atoms with Crippen LogP contribution >= 0.6 is 0 Å². The van der Waals surface area contributed by atoms with Crippen LogP contribution in [0.5, 0.6) is 0 Å². The van der Waals surface area contributed by atoms with Crippen LogP contribution in [0.15, 0.2) is 36.4 Å². The van der Waals surface area contributed by atoms with Gasteiger partial charge < -0.3 is 5.32 Å². The van der Waals surface area contributed by atoms with Crippen LogP contribution in [0.25, 0.3) is 0 Å². The van der Waals surface area contributed by atoms with Crippen molar-refractivity contribution >= 4 is 29.2 Å². The number of allylic oxidation sites excluding steroid dienone is 2. The summed E-state index contributed by atoms with van der Waals surface area (Å²) in [7, 11) is 0. The second kappa shape index (κ2) is 5.87. The Morgan fingerprint density at radius 2 is 1.68 bits per heavy atom. The van der Waals surface area contributed by atoms with Gasteiger partial charge in [0.05, 0.1) is 11.8 Å². The maximum atomic E-state index is 13.1. The number of ketones is 1. The molecule has 5 aliphatic rings. The number of amides is 3. The van der Waals surface area contributed by atoms with Crippen molar-refractivity contribution in [3.05, 3.63) is 42.0 Å². The molecule has 7 atom stereocenters. The van der Waals surface area contributed by atoms with Crippen LogP contribution in [0.4, 0.5) is 5.69 Å². The van der Waals surface area contributed by atoms with Crippen molar-refractivity contribution in [3.8, 4) is 0 Å². The van der Waals surface area contributed by atoms with E-state index in [9.17, 15) is 19.2 Å². The molecule has 4 aliphatic carbocycles. The summed E-state index contributed by atoms with van der Waals surface area (Å²) in [5.74, 6) is -0.193. The highest BCUT2D eigenvalue weighted by Gasteiger charge is 2.67. The fourth-order valence-corrected chi connectivity index (χ4v) is 5.54. The number of anilines is 1. The average molecular weight is 378 g/mol. The summed E-state index contributed by atoms with van der Waals surface area (Å²) in [5, 5.41) is 2.74. The van der Waals surface area contributed by atoms with Crippen molar-refractivity contribution in [1.29, 1.82) is 0 Å². The largest absolute Gasteiger partial charge is 0.324 e. The zero-order valence-electron chi connectivity index (χ0n) is 15.8. The number of likely N-dealkylation sites (tertiary alicyclic amines) is 1. The third-order valence-corrected chi connectivity index (χ3v) is 7.00. The minimum Gasteiger partial charge on any atom is -0.324 e. The van der Waals surface area contributed by atoms with Gasteiger partial charge in [-0.2, -0.15) is 0 Å². The second-order valence-corrected chi connectivity index (χ2v) is 8.50.